The largest absolute Gasteiger partial charge is 0.490 e. The number of hydrogen-bond donors (Lipinski definition) is 0. The van der Waals surface area contributed by atoms with E-state index in [0.717, 1.165) is 5.56 Å². The summed E-state index contributed by atoms with van der Waals surface area (Å²) >= 11 is 6.45. The first-order valence-electron chi connectivity index (χ1n) is 9.12. The van der Waals surface area contributed by atoms with Crippen molar-refractivity contribution in [1.29, 1.82) is 5.26 Å². The topological polar surface area (TPSA) is 42.2 Å². The Balaban J connectivity index is 1.95. The second-order valence-electron chi connectivity index (χ2n) is 6.19. The summed E-state index contributed by atoms with van der Waals surface area (Å²) in [6, 6.07) is 21.3. The molecule has 0 N–H and O–H groups in total. The zero-order valence-electron chi connectivity index (χ0n) is 15.9. The summed E-state index contributed by atoms with van der Waals surface area (Å²) in [4.78, 5) is 0. The molecule has 0 fully saturated rings. The monoisotopic (exact) mass is 407 g/mol. The van der Waals surface area contributed by atoms with Gasteiger partial charge in [-0.1, -0.05) is 60.1 Å². The number of halogens is 2. The van der Waals surface area contributed by atoms with Crippen molar-refractivity contribution in [3.05, 3.63) is 94.3 Å². The smallest absolute Gasteiger partial charge is 0.180 e. The van der Waals surface area contributed by atoms with Gasteiger partial charge in [0.15, 0.2) is 11.5 Å². The molecule has 0 amide bonds. The molecule has 3 rings (SSSR count). The van der Waals surface area contributed by atoms with Crippen molar-refractivity contribution in [3.8, 4) is 17.6 Å². The summed E-state index contributed by atoms with van der Waals surface area (Å²) in [6.07, 6.45) is 1.58. The van der Waals surface area contributed by atoms with Crippen LogP contribution < -0.4 is 9.47 Å². The van der Waals surface area contributed by atoms with Gasteiger partial charge in [-0.2, -0.15) is 5.26 Å². The maximum atomic E-state index is 14.1. The highest BCUT2D eigenvalue weighted by Crippen LogP contribution is 2.38. The number of allylic oxidation sites excluding steroid dienone is 1. The van der Waals surface area contributed by atoms with Crippen molar-refractivity contribution in [2.24, 2.45) is 0 Å². The van der Waals surface area contributed by atoms with Crippen molar-refractivity contribution in [2.75, 3.05) is 6.61 Å². The quantitative estimate of drug-likeness (QED) is 0.330. The second kappa shape index (κ2) is 9.77. The Morgan fingerprint density at radius 1 is 1.07 bits per heavy atom. The number of nitriles is 1. The lowest BCUT2D eigenvalue weighted by atomic mass is 10.0. The number of benzene rings is 3. The van der Waals surface area contributed by atoms with Gasteiger partial charge in [0.05, 0.1) is 23.3 Å². The maximum Gasteiger partial charge on any atom is 0.180 e. The molecule has 0 spiro atoms. The van der Waals surface area contributed by atoms with Gasteiger partial charge in [0.1, 0.15) is 12.4 Å². The van der Waals surface area contributed by atoms with Crippen molar-refractivity contribution in [1.82, 2.24) is 0 Å². The van der Waals surface area contributed by atoms with Crippen LogP contribution in [0, 0.1) is 17.1 Å². The molecule has 0 unspecified atom stereocenters. The van der Waals surface area contributed by atoms with Crippen molar-refractivity contribution in [2.45, 2.75) is 13.5 Å². The number of hydrogen-bond acceptors (Lipinski definition) is 3. The van der Waals surface area contributed by atoms with Crippen LogP contribution in [0.25, 0.3) is 11.6 Å². The third-order valence-corrected chi connectivity index (χ3v) is 4.43. The third kappa shape index (κ3) is 5.16. The fourth-order valence-corrected chi connectivity index (χ4v) is 3.09. The highest BCUT2D eigenvalue weighted by molar-refractivity contribution is 6.32. The molecule has 3 nitrogen and oxygen atoms in total. The van der Waals surface area contributed by atoms with Gasteiger partial charge in [0, 0.05) is 5.56 Å². The Hall–Kier alpha value is -3.29. The molecule has 0 saturated heterocycles. The molecule has 0 radical (unpaired) electrons. The molecule has 0 aliphatic carbocycles. The van der Waals surface area contributed by atoms with Gasteiger partial charge in [-0.05, 0) is 42.3 Å². The van der Waals surface area contributed by atoms with Crippen LogP contribution in [-0.2, 0) is 6.61 Å². The molecule has 146 valence electrons. The Kier molecular flexibility index (Phi) is 6.89. The van der Waals surface area contributed by atoms with E-state index in [9.17, 15) is 9.65 Å². The first-order valence-corrected chi connectivity index (χ1v) is 9.50. The minimum atomic E-state index is -0.459. The Bertz CT molecular complexity index is 1060. The summed E-state index contributed by atoms with van der Waals surface area (Å²) in [7, 11) is 0. The average Bonchev–Trinajstić information content (AvgIpc) is 2.73. The zero-order chi connectivity index (χ0) is 20.6. The first kappa shape index (κ1) is 20.4. The van der Waals surface area contributed by atoms with Gasteiger partial charge in [-0.25, -0.2) is 4.39 Å². The number of nitrogens with zero attached hydrogens (tertiary/aromatic N) is 1. The Morgan fingerprint density at radius 3 is 2.48 bits per heavy atom. The summed E-state index contributed by atoms with van der Waals surface area (Å²) in [5.74, 6) is 0.436. The van der Waals surface area contributed by atoms with Crippen molar-refractivity contribution >= 4 is 23.3 Å². The molecule has 0 atom stereocenters. The fourth-order valence-electron chi connectivity index (χ4n) is 2.82. The summed E-state index contributed by atoms with van der Waals surface area (Å²) < 4.78 is 25.7. The van der Waals surface area contributed by atoms with Gasteiger partial charge in [-0.3, -0.25) is 0 Å². The van der Waals surface area contributed by atoms with E-state index >= 15 is 0 Å². The van der Waals surface area contributed by atoms with Crippen LogP contribution in [0.15, 0.2) is 66.7 Å². The molecule has 0 aliphatic rings. The van der Waals surface area contributed by atoms with Crippen LogP contribution in [0.1, 0.15) is 23.6 Å². The number of rotatable bonds is 7. The molecule has 0 aliphatic heterocycles. The average molecular weight is 408 g/mol. The van der Waals surface area contributed by atoms with E-state index in [-0.39, 0.29) is 11.1 Å². The molecule has 0 saturated carbocycles. The van der Waals surface area contributed by atoms with Crippen LogP contribution in [0.2, 0.25) is 5.02 Å². The van der Waals surface area contributed by atoms with E-state index in [2.05, 4.69) is 0 Å². The molecular weight excluding hydrogens is 389 g/mol. The van der Waals surface area contributed by atoms with Gasteiger partial charge in [0.25, 0.3) is 0 Å². The van der Waals surface area contributed by atoms with Gasteiger partial charge in [-0.15, -0.1) is 0 Å². The molecule has 0 bridgehead atoms. The summed E-state index contributed by atoms with van der Waals surface area (Å²) in [5.41, 5.74) is 2.04. The third-order valence-electron chi connectivity index (χ3n) is 4.15. The van der Waals surface area contributed by atoms with Gasteiger partial charge < -0.3 is 9.47 Å². The zero-order valence-corrected chi connectivity index (χ0v) is 16.6. The highest BCUT2D eigenvalue weighted by atomic mass is 35.5. The van der Waals surface area contributed by atoms with E-state index in [0.29, 0.717) is 35.3 Å². The fraction of sp³-hybridized carbons (Fsp3) is 0.125. The van der Waals surface area contributed by atoms with Gasteiger partial charge in [0.2, 0.25) is 0 Å². The summed E-state index contributed by atoms with van der Waals surface area (Å²) in [5, 5.41) is 9.85. The Morgan fingerprint density at radius 2 is 1.79 bits per heavy atom. The van der Waals surface area contributed by atoms with Crippen LogP contribution in [0.3, 0.4) is 0 Å². The van der Waals surface area contributed by atoms with E-state index < -0.39 is 5.82 Å². The lowest BCUT2D eigenvalue weighted by Gasteiger charge is -2.15. The molecule has 29 heavy (non-hydrogen) atoms. The van der Waals surface area contributed by atoms with Crippen molar-refractivity contribution in [3.63, 3.8) is 0 Å². The maximum absolute atomic E-state index is 14.1. The van der Waals surface area contributed by atoms with E-state index in [1.165, 1.54) is 6.07 Å². The highest BCUT2D eigenvalue weighted by Gasteiger charge is 2.14. The van der Waals surface area contributed by atoms with Gasteiger partial charge >= 0.3 is 0 Å². The SMILES string of the molecule is CCOc1cc(/C=C(/C#N)c2ccccc2F)cc(Cl)c1OCc1ccccc1. The first-order chi connectivity index (χ1) is 14.1. The molecular formula is C24H19ClFNO2. The van der Waals surface area contributed by atoms with E-state index in [1.807, 2.05) is 43.3 Å². The second-order valence-corrected chi connectivity index (χ2v) is 6.59. The lowest BCUT2D eigenvalue weighted by Crippen LogP contribution is -2.01. The van der Waals surface area contributed by atoms with Crippen LogP contribution >= 0.6 is 11.6 Å². The standard InChI is InChI=1S/C24H19ClFNO2/c1-2-28-23-14-18(12-19(15-27)20-10-6-7-11-22(20)26)13-21(25)24(23)29-16-17-8-4-3-5-9-17/h3-14H,2,16H2,1H3/b19-12-. The number of ether oxygens (including phenoxy) is 2. The molecule has 0 aromatic heterocycles. The molecule has 3 aromatic carbocycles. The van der Waals surface area contributed by atoms with E-state index in [1.54, 1.807) is 36.4 Å². The lowest BCUT2D eigenvalue weighted by molar-refractivity contribution is 0.269. The normalized spacial score (nSPS) is 11.0. The minimum absolute atomic E-state index is 0.194. The van der Waals surface area contributed by atoms with Crippen molar-refractivity contribution < 1.29 is 13.9 Å². The molecule has 0 heterocycles. The van der Waals surface area contributed by atoms with Crippen LogP contribution in [0.4, 0.5) is 4.39 Å². The Labute approximate surface area is 174 Å². The van der Waals surface area contributed by atoms with E-state index in [4.69, 9.17) is 21.1 Å². The summed E-state index contributed by atoms with van der Waals surface area (Å²) in [6.45, 7) is 2.62. The van der Waals surface area contributed by atoms with Crippen LogP contribution in [-0.4, -0.2) is 6.61 Å². The molecule has 5 heteroatoms. The predicted molar refractivity (Wildman–Crippen MR) is 113 cm³/mol. The minimum Gasteiger partial charge on any atom is -0.490 e. The van der Waals surface area contributed by atoms with Crippen LogP contribution in [0.5, 0.6) is 11.5 Å². The predicted octanol–water partition coefficient (Wildman–Crippen LogP) is 6.52. The molecule has 3 aromatic rings.